The van der Waals surface area contributed by atoms with Gasteiger partial charge in [0.2, 0.25) is 10.0 Å². The molecule has 1 fully saturated rings. The first-order chi connectivity index (χ1) is 11.5. The van der Waals surface area contributed by atoms with Crippen molar-refractivity contribution in [2.45, 2.75) is 30.7 Å². The minimum atomic E-state index is -3.61. The fourth-order valence-corrected chi connectivity index (χ4v) is 4.30. The zero-order valence-corrected chi connectivity index (χ0v) is 14.8. The van der Waals surface area contributed by atoms with Crippen molar-refractivity contribution in [1.82, 2.24) is 14.3 Å². The zero-order valence-electron chi connectivity index (χ0n) is 14.0. The summed E-state index contributed by atoms with van der Waals surface area (Å²) >= 11 is 0. The molecule has 0 aliphatic carbocycles. The van der Waals surface area contributed by atoms with E-state index in [2.05, 4.69) is 9.71 Å². The van der Waals surface area contributed by atoms with E-state index in [4.69, 9.17) is 4.74 Å². The molecular formula is C17H23N3O3S. The number of sulfonamides is 1. The van der Waals surface area contributed by atoms with E-state index in [1.165, 1.54) is 0 Å². The van der Waals surface area contributed by atoms with Gasteiger partial charge in [0, 0.05) is 32.7 Å². The lowest BCUT2D eigenvalue weighted by atomic mass is 9.92. The molecule has 1 unspecified atom stereocenters. The highest BCUT2D eigenvalue weighted by Gasteiger charge is 2.32. The summed E-state index contributed by atoms with van der Waals surface area (Å²) in [5, 5.41) is 0. The SMILES string of the molecule is Cc1ccc(S(=O)(=O)NC(c2nccn2C)C2CCOCC2)cc1. The summed E-state index contributed by atoms with van der Waals surface area (Å²) in [5.74, 6) is 0.901. The van der Waals surface area contributed by atoms with Crippen LogP contribution in [0.25, 0.3) is 0 Å². The molecular weight excluding hydrogens is 326 g/mol. The summed E-state index contributed by atoms with van der Waals surface area (Å²) in [7, 11) is -1.73. The third-order valence-corrected chi connectivity index (χ3v) is 5.94. The molecule has 1 aliphatic heterocycles. The minimum Gasteiger partial charge on any atom is -0.381 e. The van der Waals surface area contributed by atoms with Crippen LogP contribution in [0.4, 0.5) is 0 Å². The topological polar surface area (TPSA) is 73.2 Å². The molecule has 0 amide bonds. The van der Waals surface area contributed by atoms with Gasteiger partial charge < -0.3 is 9.30 Å². The average molecular weight is 349 g/mol. The molecule has 6 nitrogen and oxygen atoms in total. The van der Waals surface area contributed by atoms with Gasteiger partial charge in [0.05, 0.1) is 10.9 Å². The van der Waals surface area contributed by atoms with E-state index in [1.807, 2.05) is 24.7 Å². The summed E-state index contributed by atoms with van der Waals surface area (Å²) in [6.45, 7) is 3.23. The van der Waals surface area contributed by atoms with E-state index in [-0.39, 0.29) is 16.9 Å². The van der Waals surface area contributed by atoms with Gasteiger partial charge in [0.25, 0.3) is 0 Å². The van der Waals surface area contributed by atoms with Crippen LogP contribution in [0.1, 0.15) is 30.3 Å². The van der Waals surface area contributed by atoms with E-state index in [0.29, 0.717) is 13.2 Å². The molecule has 1 aromatic carbocycles. The van der Waals surface area contributed by atoms with Gasteiger partial charge >= 0.3 is 0 Å². The molecule has 2 aromatic rings. The Morgan fingerprint density at radius 1 is 1.25 bits per heavy atom. The van der Waals surface area contributed by atoms with Crippen molar-refractivity contribution in [1.29, 1.82) is 0 Å². The van der Waals surface area contributed by atoms with Crippen LogP contribution in [-0.4, -0.2) is 31.2 Å². The lowest BCUT2D eigenvalue weighted by Crippen LogP contribution is -2.37. The molecule has 1 aliphatic rings. The van der Waals surface area contributed by atoms with Crippen molar-refractivity contribution in [3.8, 4) is 0 Å². The van der Waals surface area contributed by atoms with Crippen molar-refractivity contribution in [2.24, 2.45) is 13.0 Å². The van der Waals surface area contributed by atoms with Crippen LogP contribution < -0.4 is 4.72 Å². The monoisotopic (exact) mass is 349 g/mol. The number of rotatable bonds is 5. The zero-order chi connectivity index (χ0) is 17.2. The van der Waals surface area contributed by atoms with Crippen molar-refractivity contribution in [2.75, 3.05) is 13.2 Å². The van der Waals surface area contributed by atoms with Crippen LogP contribution in [-0.2, 0) is 21.8 Å². The van der Waals surface area contributed by atoms with Gasteiger partial charge in [0.15, 0.2) is 0 Å². The number of ether oxygens (including phenoxy) is 1. The Balaban J connectivity index is 1.91. The Morgan fingerprint density at radius 2 is 1.92 bits per heavy atom. The summed E-state index contributed by atoms with van der Waals surface area (Å²) in [6, 6.07) is 6.52. The Morgan fingerprint density at radius 3 is 2.50 bits per heavy atom. The Labute approximate surface area is 142 Å². The van der Waals surface area contributed by atoms with Gasteiger partial charge in [-0.05, 0) is 37.8 Å². The number of hydrogen-bond donors (Lipinski definition) is 1. The van der Waals surface area contributed by atoms with Crippen LogP contribution >= 0.6 is 0 Å². The highest BCUT2D eigenvalue weighted by molar-refractivity contribution is 7.89. The van der Waals surface area contributed by atoms with Crippen LogP contribution in [0.2, 0.25) is 0 Å². The molecule has 24 heavy (non-hydrogen) atoms. The van der Waals surface area contributed by atoms with Crippen LogP contribution in [0.15, 0.2) is 41.6 Å². The highest BCUT2D eigenvalue weighted by atomic mass is 32.2. The molecule has 0 spiro atoms. The molecule has 0 bridgehead atoms. The standard InChI is InChI=1S/C17H23N3O3S/c1-13-3-5-15(6-4-13)24(21,22)19-16(14-7-11-23-12-8-14)17-18-9-10-20(17)2/h3-6,9-10,14,16,19H,7-8,11-12H2,1-2H3. The molecule has 1 N–H and O–H groups in total. The first-order valence-corrected chi connectivity index (χ1v) is 9.59. The minimum absolute atomic E-state index is 0.167. The fourth-order valence-electron chi connectivity index (χ4n) is 3.04. The van der Waals surface area contributed by atoms with Crippen LogP contribution in [0, 0.1) is 12.8 Å². The number of nitrogens with zero attached hydrogens (tertiary/aromatic N) is 2. The second-order valence-corrected chi connectivity index (χ2v) is 7.97. The normalized spacial score (nSPS) is 17.8. The lowest BCUT2D eigenvalue weighted by molar-refractivity contribution is 0.0551. The Hall–Kier alpha value is -1.70. The third kappa shape index (κ3) is 3.68. The molecule has 1 aromatic heterocycles. The predicted molar refractivity (Wildman–Crippen MR) is 91.0 cm³/mol. The highest BCUT2D eigenvalue weighted by Crippen LogP contribution is 2.30. The number of hydrogen-bond acceptors (Lipinski definition) is 4. The second-order valence-electron chi connectivity index (χ2n) is 6.26. The van der Waals surface area contributed by atoms with E-state index >= 15 is 0 Å². The maximum atomic E-state index is 12.8. The number of benzene rings is 1. The van der Waals surface area contributed by atoms with Gasteiger partial charge in [-0.1, -0.05) is 17.7 Å². The molecule has 2 heterocycles. The largest absolute Gasteiger partial charge is 0.381 e. The van der Waals surface area contributed by atoms with E-state index < -0.39 is 10.0 Å². The molecule has 1 atom stereocenters. The van der Waals surface area contributed by atoms with E-state index in [1.54, 1.807) is 30.5 Å². The quantitative estimate of drug-likeness (QED) is 0.898. The number of aromatic nitrogens is 2. The van der Waals surface area contributed by atoms with Gasteiger partial charge in [-0.3, -0.25) is 0 Å². The Kier molecular flexibility index (Phi) is 5.03. The van der Waals surface area contributed by atoms with Gasteiger partial charge in [-0.2, -0.15) is 0 Å². The maximum absolute atomic E-state index is 12.8. The smallest absolute Gasteiger partial charge is 0.241 e. The van der Waals surface area contributed by atoms with E-state index in [0.717, 1.165) is 24.2 Å². The molecule has 3 rings (SSSR count). The molecule has 7 heteroatoms. The van der Waals surface area contributed by atoms with Crippen molar-refractivity contribution in [3.63, 3.8) is 0 Å². The molecule has 0 radical (unpaired) electrons. The van der Waals surface area contributed by atoms with Crippen molar-refractivity contribution in [3.05, 3.63) is 48.0 Å². The summed E-state index contributed by atoms with van der Waals surface area (Å²) in [5.41, 5.74) is 1.03. The lowest BCUT2D eigenvalue weighted by Gasteiger charge is -2.30. The summed E-state index contributed by atoms with van der Waals surface area (Å²) in [6.07, 6.45) is 5.16. The second kappa shape index (κ2) is 7.04. The summed E-state index contributed by atoms with van der Waals surface area (Å²) in [4.78, 5) is 4.66. The predicted octanol–water partition coefficient (Wildman–Crippen LogP) is 2.17. The first kappa shape index (κ1) is 17.1. The molecule has 130 valence electrons. The average Bonchev–Trinajstić information content (AvgIpc) is 3.00. The number of aryl methyl sites for hydroxylation is 2. The van der Waals surface area contributed by atoms with Crippen molar-refractivity contribution < 1.29 is 13.2 Å². The fraction of sp³-hybridized carbons (Fsp3) is 0.471. The van der Waals surface area contributed by atoms with E-state index in [9.17, 15) is 8.42 Å². The van der Waals surface area contributed by atoms with Gasteiger partial charge in [-0.15, -0.1) is 0 Å². The first-order valence-electron chi connectivity index (χ1n) is 8.11. The third-order valence-electron chi connectivity index (χ3n) is 4.49. The number of imidazole rings is 1. The van der Waals surface area contributed by atoms with Crippen molar-refractivity contribution >= 4 is 10.0 Å². The molecule has 1 saturated heterocycles. The summed E-state index contributed by atoms with van der Waals surface area (Å²) < 4.78 is 35.8. The van der Waals surface area contributed by atoms with Gasteiger partial charge in [0.1, 0.15) is 5.82 Å². The maximum Gasteiger partial charge on any atom is 0.241 e. The Bertz CT molecular complexity index is 778. The molecule has 0 saturated carbocycles. The number of nitrogens with one attached hydrogen (secondary N) is 1. The van der Waals surface area contributed by atoms with Crippen LogP contribution in [0.3, 0.4) is 0 Å². The van der Waals surface area contributed by atoms with Gasteiger partial charge in [-0.25, -0.2) is 18.1 Å². The van der Waals surface area contributed by atoms with Crippen LogP contribution in [0.5, 0.6) is 0 Å².